The van der Waals surface area contributed by atoms with E-state index >= 15 is 0 Å². The largest absolute Gasteiger partial charge is 0.495 e. The second-order valence-electron chi connectivity index (χ2n) is 9.66. The maximum atomic E-state index is 6.43. The van der Waals surface area contributed by atoms with Crippen LogP contribution in [0.15, 0.2) is 78.9 Å². The highest BCUT2D eigenvalue weighted by atomic mass is 16.7. The number of aromatic nitrogens is 3. The lowest BCUT2D eigenvalue weighted by molar-refractivity contribution is 0.00578. The molecular weight excluding hydrogens is 421 g/mol. The minimum absolute atomic E-state index is 0.444. The summed E-state index contributed by atoms with van der Waals surface area (Å²) in [4.78, 5) is 14.6. The van der Waals surface area contributed by atoms with Crippen molar-refractivity contribution in [3.8, 4) is 34.2 Å². The van der Waals surface area contributed by atoms with Gasteiger partial charge in [0.25, 0.3) is 0 Å². The fourth-order valence-corrected chi connectivity index (χ4v) is 4.08. The van der Waals surface area contributed by atoms with Gasteiger partial charge < -0.3 is 9.31 Å². The zero-order valence-corrected chi connectivity index (χ0v) is 20.2. The summed E-state index contributed by atoms with van der Waals surface area (Å²) in [7, 11) is -0.515. The molecule has 0 N–H and O–H groups in total. The summed E-state index contributed by atoms with van der Waals surface area (Å²) in [6, 6.07) is 26.1. The number of rotatable bonds is 4. The molecule has 34 heavy (non-hydrogen) atoms. The van der Waals surface area contributed by atoms with Crippen molar-refractivity contribution >= 4 is 12.6 Å². The average molecular weight is 449 g/mol. The van der Waals surface area contributed by atoms with Crippen molar-refractivity contribution < 1.29 is 9.31 Å². The number of hydrogen-bond acceptors (Lipinski definition) is 5. The molecule has 6 heteroatoms. The Balaban J connectivity index is 1.70. The summed E-state index contributed by atoms with van der Waals surface area (Å²) in [6.45, 7) is 10.3. The molecule has 0 unspecified atom stereocenters. The molecule has 170 valence electrons. The molecule has 0 saturated carbocycles. The van der Waals surface area contributed by atoms with Crippen molar-refractivity contribution in [2.75, 3.05) is 0 Å². The summed E-state index contributed by atoms with van der Waals surface area (Å²) < 4.78 is 12.9. The third-order valence-corrected chi connectivity index (χ3v) is 6.75. The molecular formula is C28H28BN3O2. The Hall–Kier alpha value is -3.35. The number of benzene rings is 3. The fraction of sp³-hybridized carbons (Fsp3) is 0.250. The van der Waals surface area contributed by atoms with E-state index in [1.807, 2.05) is 72.8 Å². The number of nitrogens with zero attached hydrogens (tertiary/aromatic N) is 3. The van der Waals surface area contributed by atoms with Crippen molar-refractivity contribution in [3.63, 3.8) is 0 Å². The second kappa shape index (κ2) is 8.46. The lowest BCUT2D eigenvalue weighted by Crippen LogP contribution is -2.41. The quantitative estimate of drug-likeness (QED) is 0.386. The molecule has 0 spiro atoms. The highest BCUT2D eigenvalue weighted by molar-refractivity contribution is 6.64. The molecule has 0 bridgehead atoms. The van der Waals surface area contributed by atoms with E-state index in [9.17, 15) is 0 Å². The molecule has 2 heterocycles. The second-order valence-corrected chi connectivity index (χ2v) is 9.66. The van der Waals surface area contributed by atoms with Crippen LogP contribution in [0, 0.1) is 6.92 Å². The van der Waals surface area contributed by atoms with Gasteiger partial charge in [-0.1, -0.05) is 84.4 Å². The van der Waals surface area contributed by atoms with E-state index in [0.29, 0.717) is 17.5 Å². The predicted molar refractivity (Wildman–Crippen MR) is 137 cm³/mol. The molecule has 0 amide bonds. The molecule has 1 saturated heterocycles. The van der Waals surface area contributed by atoms with E-state index in [-0.39, 0.29) is 0 Å². The number of aryl methyl sites for hydroxylation is 1. The minimum atomic E-state index is -0.515. The summed E-state index contributed by atoms with van der Waals surface area (Å²) >= 11 is 0. The van der Waals surface area contributed by atoms with Crippen LogP contribution >= 0.6 is 0 Å². The molecule has 1 aromatic heterocycles. The molecule has 5 rings (SSSR count). The average Bonchev–Trinajstić information content (AvgIpc) is 3.06. The lowest BCUT2D eigenvalue weighted by Gasteiger charge is -2.32. The van der Waals surface area contributed by atoms with E-state index in [4.69, 9.17) is 24.3 Å². The molecule has 3 aromatic carbocycles. The van der Waals surface area contributed by atoms with Gasteiger partial charge in [-0.2, -0.15) is 0 Å². The topological polar surface area (TPSA) is 57.1 Å². The molecule has 0 atom stereocenters. The third-order valence-electron chi connectivity index (χ3n) is 6.75. The fourth-order valence-electron chi connectivity index (χ4n) is 4.08. The third kappa shape index (κ3) is 4.04. The maximum absolute atomic E-state index is 6.43. The Labute approximate surface area is 201 Å². The molecule has 1 aliphatic rings. The summed E-state index contributed by atoms with van der Waals surface area (Å²) in [5, 5.41) is 0. The zero-order chi connectivity index (χ0) is 23.9. The summed E-state index contributed by atoms with van der Waals surface area (Å²) in [6.07, 6.45) is 0. The Morgan fingerprint density at radius 3 is 1.56 bits per heavy atom. The monoisotopic (exact) mass is 449 g/mol. The molecule has 0 radical (unpaired) electrons. The molecule has 1 fully saturated rings. The van der Waals surface area contributed by atoms with Gasteiger partial charge in [-0.25, -0.2) is 15.0 Å². The van der Waals surface area contributed by atoms with Gasteiger partial charge in [-0.15, -0.1) is 0 Å². The number of hydrogen-bond donors (Lipinski definition) is 0. The Kier molecular flexibility index (Phi) is 5.58. The van der Waals surface area contributed by atoms with E-state index < -0.39 is 18.3 Å². The molecule has 4 aromatic rings. The van der Waals surface area contributed by atoms with Crippen molar-refractivity contribution in [1.29, 1.82) is 0 Å². The first-order valence-electron chi connectivity index (χ1n) is 11.6. The van der Waals surface area contributed by atoms with E-state index in [2.05, 4.69) is 40.7 Å². The van der Waals surface area contributed by atoms with Crippen LogP contribution in [0.3, 0.4) is 0 Å². The van der Waals surface area contributed by atoms with Crippen LogP contribution in [0.2, 0.25) is 0 Å². The smallest absolute Gasteiger partial charge is 0.399 e. The Morgan fingerprint density at radius 2 is 1.06 bits per heavy atom. The minimum Gasteiger partial charge on any atom is -0.399 e. The summed E-state index contributed by atoms with van der Waals surface area (Å²) in [5.41, 5.74) is 3.89. The first kappa shape index (κ1) is 22.4. The van der Waals surface area contributed by atoms with Crippen LogP contribution in [0.25, 0.3) is 34.2 Å². The van der Waals surface area contributed by atoms with Gasteiger partial charge >= 0.3 is 7.12 Å². The van der Waals surface area contributed by atoms with Gasteiger partial charge in [-0.05, 0) is 40.1 Å². The van der Waals surface area contributed by atoms with Crippen molar-refractivity contribution in [2.45, 2.75) is 45.8 Å². The molecule has 5 nitrogen and oxygen atoms in total. The van der Waals surface area contributed by atoms with Gasteiger partial charge in [0.15, 0.2) is 17.5 Å². The molecule has 1 aliphatic heterocycles. The lowest BCUT2D eigenvalue weighted by atomic mass is 9.73. The van der Waals surface area contributed by atoms with E-state index in [1.165, 1.54) is 0 Å². The molecule has 0 aliphatic carbocycles. The SMILES string of the molecule is Cc1cccc(-c2nc(-c3ccccc3)nc(-c3ccccc3)n2)c1B1OC(C)(C)C(C)(C)O1. The summed E-state index contributed by atoms with van der Waals surface area (Å²) in [5.74, 6) is 1.86. The van der Waals surface area contributed by atoms with E-state index in [1.54, 1.807) is 0 Å². The maximum Gasteiger partial charge on any atom is 0.495 e. The van der Waals surface area contributed by atoms with Crippen molar-refractivity contribution in [3.05, 3.63) is 84.4 Å². The Bertz CT molecular complexity index is 1250. The van der Waals surface area contributed by atoms with Gasteiger partial charge in [0.2, 0.25) is 0 Å². The van der Waals surface area contributed by atoms with Crippen LogP contribution in [0.5, 0.6) is 0 Å². The van der Waals surface area contributed by atoms with Crippen LogP contribution in [0.1, 0.15) is 33.3 Å². The van der Waals surface area contributed by atoms with Crippen LogP contribution in [-0.4, -0.2) is 33.3 Å². The van der Waals surface area contributed by atoms with Gasteiger partial charge in [0.1, 0.15) is 0 Å². The van der Waals surface area contributed by atoms with Gasteiger partial charge in [0, 0.05) is 16.7 Å². The van der Waals surface area contributed by atoms with Crippen LogP contribution < -0.4 is 5.46 Å². The van der Waals surface area contributed by atoms with Crippen molar-refractivity contribution in [1.82, 2.24) is 15.0 Å². The standard InChI is InChI=1S/C28H28BN3O2/c1-19-13-12-18-22(23(19)29-33-27(2,3)28(4,5)34-29)26-31-24(20-14-8-6-9-15-20)30-25(32-26)21-16-10-7-11-17-21/h6-18H,1-5H3. The predicted octanol–water partition coefficient (Wildman–Crippen LogP) is 5.48. The highest BCUT2D eigenvalue weighted by Gasteiger charge is 2.52. The normalized spacial score (nSPS) is 16.6. The van der Waals surface area contributed by atoms with Crippen LogP contribution in [0.4, 0.5) is 0 Å². The van der Waals surface area contributed by atoms with Gasteiger partial charge in [-0.3, -0.25) is 0 Å². The Morgan fingerprint density at radius 1 is 0.588 bits per heavy atom. The first-order chi connectivity index (χ1) is 16.2. The zero-order valence-electron chi connectivity index (χ0n) is 20.2. The van der Waals surface area contributed by atoms with Crippen molar-refractivity contribution in [2.24, 2.45) is 0 Å². The van der Waals surface area contributed by atoms with E-state index in [0.717, 1.165) is 27.7 Å². The first-order valence-corrected chi connectivity index (χ1v) is 11.6. The van der Waals surface area contributed by atoms with Crippen LogP contribution in [-0.2, 0) is 9.31 Å². The highest BCUT2D eigenvalue weighted by Crippen LogP contribution is 2.37. The van der Waals surface area contributed by atoms with Gasteiger partial charge in [0.05, 0.1) is 11.2 Å².